The van der Waals surface area contributed by atoms with Crippen molar-refractivity contribution in [1.29, 1.82) is 0 Å². The van der Waals surface area contributed by atoms with Crippen molar-refractivity contribution in [2.45, 2.75) is 24.4 Å². The molecule has 194 valence electrons. The van der Waals surface area contributed by atoms with Gasteiger partial charge in [0, 0.05) is 44.3 Å². The topological polar surface area (TPSA) is 69.9 Å². The third-order valence-electron chi connectivity index (χ3n) is 7.17. The zero-order valence-corrected chi connectivity index (χ0v) is 21.0. The van der Waals surface area contributed by atoms with Gasteiger partial charge in [0.1, 0.15) is 0 Å². The van der Waals surface area contributed by atoms with E-state index < -0.39 is 23.1 Å². The molecule has 0 aromatic heterocycles. The van der Waals surface area contributed by atoms with E-state index in [1.807, 2.05) is 6.07 Å². The number of likely N-dealkylation sites (tertiary alicyclic amines) is 1. The van der Waals surface area contributed by atoms with Gasteiger partial charge in [-0.2, -0.15) is 13.2 Å². The van der Waals surface area contributed by atoms with E-state index in [4.69, 9.17) is 28.9 Å². The fourth-order valence-corrected chi connectivity index (χ4v) is 5.51. The van der Waals surface area contributed by atoms with Gasteiger partial charge in [-0.15, -0.1) is 0 Å². The van der Waals surface area contributed by atoms with Crippen LogP contribution >= 0.6 is 23.2 Å². The van der Waals surface area contributed by atoms with Crippen LogP contribution in [0.1, 0.15) is 24.0 Å². The van der Waals surface area contributed by atoms with Gasteiger partial charge in [0.15, 0.2) is 0 Å². The molecule has 36 heavy (non-hydrogen) atoms. The molecule has 11 heteroatoms. The summed E-state index contributed by atoms with van der Waals surface area (Å²) < 4.78 is 39.7. The van der Waals surface area contributed by atoms with Crippen LogP contribution in [0.4, 0.5) is 18.9 Å². The summed E-state index contributed by atoms with van der Waals surface area (Å²) in [4.78, 5) is 31.3. The highest BCUT2D eigenvalue weighted by Crippen LogP contribution is 2.38. The number of rotatable bonds is 5. The molecule has 2 aliphatic rings. The number of nitrogens with two attached hydrogens (primary N) is 1. The third kappa shape index (κ3) is 5.58. The van der Waals surface area contributed by atoms with E-state index in [1.54, 1.807) is 17.0 Å². The molecule has 2 aromatic rings. The zero-order chi connectivity index (χ0) is 26.1. The van der Waals surface area contributed by atoms with Crippen LogP contribution in [0.5, 0.6) is 0 Å². The van der Waals surface area contributed by atoms with Gasteiger partial charge in [-0.3, -0.25) is 14.5 Å². The lowest BCUT2D eigenvalue weighted by Crippen LogP contribution is -2.54. The van der Waals surface area contributed by atoms with E-state index in [0.717, 1.165) is 17.8 Å². The molecule has 2 heterocycles. The first-order valence-electron chi connectivity index (χ1n) is 11.7. The van der Waals surface area contributed by atoms with Crippen LogP contribution in [-0.4, -0.2) is 67.4 Å². The molecule has 0 bridgehead atoms. The van der Waals surface area contributed by atoms with E-state index in [2.05, 4.69) is 9.80 Å². The number of hydrogen-bond donors (Lipinski definition) is 1. The Balaban J connectivity index is 1.35. The maximum Gasteiger partial charge on any atom is 0.416 e. The van der Waals surface area contributed by atoms with Crippen LogP contribution in [-0.2, 0) is 21.2 Å². The fourth-order valence-electron chi connectivity index (χ4n) is 4.98. The number of amides is 2. The summed E-state index contributed by atoms with van der Waals surface area (Å²) in [7, 11) is 0. The van der Waals surface area contributed by atoms with Crippen LogP contribution in [0.2, 0.25) is 10.0 Å². The number of hydrogen-bond acceptors (Lipinski definition) is 4. The lowest BCUT2D eigenvalue weighted by atomic mass is 9.71. The minimum Gasteiger partial charge on any atom is -0.369 e. The maximum absolute atomic E-state index is 13.2. The normalized spacial score (nSPS) is 18.8. The monoisotopic (exact) mass is 542 g/mol. The van der Waals surface area contributed by atoms with Crippen LogP contribution in [0.3, 0.4) is 0 Å². The SMILES string of the molecule is NC(=O)C1(c2cccc(C(F)(F)F)c2)CCN(C(=O)CN2CCN(c3ccc(Cl)cc3Cl)CC2)CC1. The number of alkyl halides is 3. The Labute approximate surface area is 217 Å². The average molecular weight is 543 g/mol. The first-order chi connectivity index (χ1) is 17.0. The molecule has 2 amide bonds. The summed E-state index contributed by atoms with van der Waals surface area (Å²) >= 11 is 12.3. The van der Waals surface area contributed by atoms with E-state index >= 15 is 0 Å². The van der Waals surface area contributed by atoms with E-state index in [-0.39, 0.29) is 43.9 Å². The van der Waals surface area contributed by atoms with Crippen molar-refractivity contribution < 1.29 is 22.8 Å². The second-order valence-corrected chi connectivity index (χ2v) is 10.1. The Morgan fingerprint density at radius 1 is 0.944 bits per heavy atom. The molecule has 0 spiro atoms. The fraction of sp³-hybridized carbons (Fsp3) is 0.440. The number of carbonyl (C=O) groups is 2. The number of piperidine rings is 1. The molecule has 0 radical (unpaired) electrons. The van der Waals surface area contributed by atoms with Crippen molar-refractivity contribution in [3.05, 3.63) is 63.6 Å². The summed E-state index contributed by atoms with van der Waals surface area (Å²) in [5.74, 6) is -0.749. The van der Waals surface area contributed by atoms with Gasteiger partial charge in [-0.05, 0) is 42.7 Å². The Morgan fingerprint density at radius 3 is 2.19 bits per heavy atom. The number of halogens is 5. The summed E-state index contributed by atoms with van der Waals surface area (Å²) in [6.07, 6.45) is -4.16. The average Bonchev–Trinajstić information content (AvgIpc) is 2.84. The lowest BCUT2D eigenvalue weighted by molar-refractivity contribution is -0.138. The number of nitrogens with zero attached hydrogens (tertiary/aromatic N) is 3. The molecule has 0 saturated carbocycles. The Hall–Kier alpha value is -2.49. The van der Waals surface area contributed by atoms with Crippen molar-refractivity contribution in [3.63, 3.8) is 0 Å². The predicted octanol–water partition coefficient (Wildman–Crippen LogP) is 4.18. The molecule has 4 rings (SSSR count). The summed E-state index contributed by atoms with van der Waals surface area (Å²) in [6, 6.07) is 10.1. The highest BCUT2D eigenvalue weighted by molar-refractivity contribution is 6.36. The van der Waals surface area contributed by atoms with Crippen LogP contribution < -0.4 is 10.6 Å². The molecule has 0 unspecified atom stereocenters. The first-order valence-corrected chi connectivity index (χ1v) is 12.4. The minimum absolute atomic E-state index is 0.0740. The van der Waals surface area contributed by atoms with E-state index in [9.17, 15) is 22.8 Å². The van der Waals surface area contributed by atoms with Crippen molar-refractivity contribution in [1.82, 2.24) is 9.80 Å². The van der Waals surface area contributed by atoms with Gasteiger partial charge < -0.3 is 15.5 Å². The molecule has 2 saturated heterocycles. The van der Waals surface area contributed by atoms with E-state index in [1.165, 1.54) is 12.1 Å². The Morgan fingerprint density at radius 2 is 1.61 bits per heavy atom. The minimum atomic E-state index is -4.52. The summed E-state index contributed by atoms with van der Waals surface area (Å²) in [6.45, 7) is 3.48. The molecule has 0 aliphatic carbocycles. The molecule has 6 nitrogen and oxygen atoms in total. The van der Waals surface area contributed by atoms with Crippen molar-refractivity contribution in [3.8, 4) is 0 Å². The van der Waals surface area contributed by atoms with Gasteiger partial charge in [0.25, 0.3) is 0 Å². The lowest BCUT2D eigenvalue weighted by Gasteiger charge is -2.41. The van der Waals surface area contributed by atoms with Gasteiger partial charge >= 0.3 is 6.18 Å². The van der Waals surface area contributed by atoms with Crippen molar-refractivity contribution >= 4 is 40.7 Å². The smallest absolute Gasteiger partial charge is 0.369 e. The molecular formula is C25H27Cl2F3N4O2. The number of carbonyl (C=O) groups excluding carboxylic acids is 2. The van der Waals surface area contributed by atoms with Crippen LogP contribution in [0, 0.1) is 0 Å². The highest BCUT2D eigenvalue weighted by Gasteiger charge is 2.43. The molecule has 2 aromatic carbocycles. The highest BCUT2D eigenvalue weighted by atomic mass is 35.5. The molecule has 2 fully saturated rings. The quantitative estimate of drug-likeness (QED) is 0.615. The number of primary amides is 1. The van der Waals surface area contributed by atoms with Gasteiger partial charge in [0.05, 0.1) is 28.2 Å². The van der Waals surface area contributed by atoms with Crippen molar-refractivity contribution in [2.24, 2.45) is 5.73 Å². The standard InChI is InChI=1S/C25H27Cl2F3N4O2/c26-19-4-5-21(20(27)15-19)33-12-10-32(11-13-33)16-22(35)34-8-6-24(7-9-34,23(31)36)17-2-1-3-18(14-17)25(28,29)30/h1-5,14-15H,6-13,16H2,(H2,31,36). The molecular weight excluding hydrogens is 516 g/mol. The summed E-state index contributed by atoms with van der Waals surface area (Å²) in [5.41, 5.74) is 4.78. The molecule has 0 atom stereocenters. The van der Waals surface area contributed by atoms with E-state index in [0.29, 0.717) is 36.2 Å². The number of piperazine rings is 1. The third-order valence-corrected chi connectivity index (χ3v) is 7.70. The number of anilines is 1. The van der Waals surface area contributed by atoms with Gasteiger partial charge in [-0.25, -0.2) is 0 Å². The Bertz CT molecular complexity index is 1130. The second kappa shape index (κ2) is 10.5. The van der Waals surface area contributed by atoms with Gasteiger partial charge in [-0.1, -0.05) is 41.4 Å². The zero-order valence-electron chi connectivity index (χ0n) is 19.5. The molecule has 2 N–H and O–H groups in total. The molecule has 2 aliphatic heterocycles. The first kappa shape index (κ1) is 26.6. The predicted molar refractivity (Wildman–Crippen MR) is 133 cm³/mol. The Kier molecular flexibility index (Phi) is 7.73. The second-order valence-electron chi connectivity index (χ2n) is 9.26. The van der Waals surface area contributed by atoms with Gasteiger partial charge in [0.2, 0.25) is 11.8 Å². The number of benzene rings is 2. The van der Waals surface area contributed by atoms with Crippen molar-refractivity contribution in [2.75, 3.05) is 50.7 Å². The maximum atomic E-state index is 13.2. The van der Waals surface area contributed by atoms with Crippen LogP contribution in [0.15, 0.2) is 42.5 Å². The van der Waals surface area contributed by atoms with Crippen LogP contribution in [0.25, 0.3) is 0 Å². The summed E-state index contributed by atoms with van der Waals surface area (Å²) in [5, 5.41) is 1.15. The largest absolute Gasteiger partial charge is 0.416 e.